The second-order valence-corrected chi connectivity index (χ2v) is 7.10. The summed E-state index contributed by atoms with van der Waals surface area (Å²) in [6.07, 6.45) is -15.7. The van der Waals surface area contributed by atoms with Crippen LogP contribution in [0.5, 0.6) is 0 Å². The molecule has 12 heteroatoms. The van der Waals surface area contributed by atoms with Crippen LogP contribution in [0.1, 0.15) is 5.69 Å². The molecular formula is C19H20F6N4O2. The number of esters is 1. The Balaban J connectivity index is 1.77. The van der Waals surface area contributed by atoms with Crippen molar-refractivity contribution in [3.05, 3.63) is 42.1 Å². The minimum absolute atomic E-state index is 0.0977. The van der Waals surface area contributed by atoms with E-state index in [4.69, 9.17) is 0 Å². The summed E-state index contributed by atoms with van der Waals surface area (Å²) in [7, 11) is 1.67. The van der Waals surface area contributed by atoms with Gasteiger partial charge in [-0.05, 0) is 6.07 Å². The molecule has 6 nitrogen and oxygen atoms in total. The number of benzene rings is 1. The topological polar surface area (TPSA) is 59.4 Å². The van der Waals surface area contributed by atoms with Crippen molar-refractivity contribution in [3.63, 3.8) is 0 Å². The Morgan fingerprint density at radius 3 is 2.45 bits per heavy atom. The molecular weight excluding hydrogens is 430 g/mol. The number of alkyl halides is 6. The molecule has 0 bridgehead atoms. The van der Waals surface area contributed by atoms with Crippen molar-refractivity contribution in [1.29, 1.82) is 0 Å². The number of aromatic nitrogens is 2. The van der Waals surface area contributed by atoms with E-state index in [1.807, 2.05) is 30.3 Å². The SMILES string of the molecule is Cn1nc(-c2ccccc2)cc1CN1CCNCC1C(=O)OC(C(F)(F)F)C(F)(F)F. The van der Waals surface area contributed by atoms with Crippen molar-refractivity contribution in [2.45, 2.75) is 31.0 Å². The van der Waals surface area contributed by atoms with Crippen LogP contribution in [-0.4, -0.2) is 64.8 Å². The summed E-state index contributed by atoms with van der Waals surface area (Å²) < 4.78 is 82.1. The number of hydrogen-bond donors (Lipinski definition) is 1. The van der Waals surface area contributed by atoms with Crippen molar-refractivity contribution in [2.24, 2.45) is 7.05 Å². The molecule has 170 valence electrons. The lowest BCUT2D eigenvalue weighted by Crippen LogP contribution is -2.57. The van der Waals surface area contributed by atoms with Crippen molar-refractivity contribution in [3.8, 4) is 11.3 Å². The monoisotopic (exact) mass is 450 g/mol. The lowest BCUT2D eigenvalue weighted by Gasteiger charge is -2.35. The highest BCUT2D eigenvalue weighted by molar-refractivity contribution is 5.76. The molecule has 1 aliphatic heterocycles. The predicted molar refractivity (Wildman–Crippen MR) is 97.7 cm³/mol. The van der Waals surface area contributed by atoms with Gasteiger partial charge in [0.1, 0.15) is 6.04 Å². The molecule has 2 aromatic rings. The van der Waals surface area contributed by atoms with Crippen molar-refractivity contribution in [1.82, 2.24) is 20.0 Å². The van der Waals surface area contributed by atoms with E-state index in [2.05, 4.69) is 15.2 Å². The van der Waals surface area contributed by atoms with Crippen molar-refractivity contribution >= 4 is 5.97 Å². The van der Waals surface area contributed by atoms with Gasteiger partial charge < -0.3 is 10.1 Å². The molecule has 1 saturated heterocycles. The molecule has 1 aliphatic rings. The van der Waals surface area contributed by atoms with E-state index in [1.165, 1.54) is 4.90 Å². The van der Waals surface area contributed by atoms with Gasteiger partial charge >= 0.3 is 18.3 Å². The van der Waals surface area contributed by atoms with Crippen molar-refractivity contribution in [2.75, 3.05) is 19.6 Å². The standard InChI is InChI=1S/C19H20F6N4O2/c1-28-13(9-14(27-28)12-5-3-2-4-6-12)11-29-8-7-26-10-15(29)16(30)31-17(18(20,21)22)19(23,24)25/h2-6,9,15,17,26H,7-8,10-11H2,1H3. The minimum Gasteiger partial charge on any atom is -0.442 e. The van der Waals surface area contributed by atoms with Crippen LogP contribution in [0.4, 0.5) is 26.3 Å². The molecule has 2 heterocycles. The first-order valence-corrected chi connectivity index (χ1v) is 9.34. The summed E-state index contributed by atoms with van der Waals surface area (Å²) in [6.45, 7) is 0.606. The van der Waals surface area contributed by atoms with Gasteiger partial charge in [0.2, 0.25) is 0 Å². The first kappa shape index (κ1) is 23.1. The third kappa shape index (κ3) is 5.56. The number of halogens is 6. The summed E-state index contributed by atoms with van der Waals surface area (Å²) in [5, 5.41) is 7.19. The lowest BCUT2D eigenvalue weighted by atomic mass is 10.1. The lowest BCUT2D eigenvalue weighted by molar-refractivity contribution is -0.314. The van der Waals surface area contributed by atoms with Gasteiger partial charge in [0.25, 0.3) is 6.10 Å². The summed E-state index contributed by atoms with van der Waals surface area (Å²) in [6, 6.07) is 9.67. The zero-order valence-corrected chi connectivity index (χ0v) is 16.4. The average Bonchev–Trinajstić information content (AvgIpc) is 3.06. The van der Waals surface area contributed by atoms with E-state index >= 15 is 0 Å². The fraction of sp³-hybridized carbons (Fsp3) is 0.474. The quantitative estimate of drug-likeness (QED) is 0.561. The molecule has 0 aliphatic carbocycles. The summed E-state index contributed by atoms with van der Waals surface area (Å²) >= 11 is 0. The van der Waals surface area contributed by atoms with Gasteiger partial charge in [0.05, 0.1) is 11.4 Å². The highest BCUT2D eigenvalue weighted by atomic mass is 19.4. The molecule has 0 spiro atoms. The molecule has 1 aromatic heterocycles. The molecule has 3 rings (SSSR count). The molecule has 31 heavy (non-hydrogen) atoms. The van der Waals surface area contributed by atoms with Crippen LogP contribution in [0.2, 0.25) is 0 Å². The van der Waals surface area contributed by atoms with Crippen LogP contribution in [0, 0.1) is 0 Å². The van der Waals surface area contributed by atoms with Gasteiger partial charge in [0, 0.05) is 38.8 Å². The molecule has 1 atom stereocenters. The van der Waals surface area contributed by atoms with E-state index in [0.717, 1.165) is 5.56 Å². The van der Waals surface area contributed by atoms with Gasteiger partial charge in [-0.1, -0.05) is 30.3 Å². The molecule has 0 radical (unpaired) electrons. The van der Waals surface area contributed by atoms with Gasteiger partial charge in [0.15, 0.2) is 0 Å². The van der Waals surface area contributed by atoms with Gasteiger partial charge in [-0.15, -0.1) is 0 Å². The van der Waals surface area contributed by atoms with E-state index in [-0.39, 0.29) is 19.6 Å². The normalized spacial score (nSPS) is 18.4. The van der Waals surface area contributed by atoms with E-state index in [1.54, 1.807) is 17.8 Å². The molecule has 1 fully saturated rings. The van der Waals surface area contributed by atoms with Gasteiger partial charge in [-0.25, -0.2) is 0 Å². The summed E-state index contributed by atoms with van der Waals surface area (Å²) in [4.78, 5) is 13.8. The largest absolute Gasteiger partial charge is 0.442 e. The Kier molecular flexibility index (Phi) is 6.60. The van der Waals surface area contributed by atoms with Gasteiger partial charge in [-0.3, -0.25) is 14.4 Å². The minimum atomic E-state index is -5.76. The van der Waals surface area contributed by atoms with Crippen LogP contribution in [0.25, 0.3) is 11.3 Å². The van der Waals surface area contributed by atoms with Crippen LogP contribution >= 0.6 is 0 Å². The third-order valence-electron chi connectivity index (χ3n) is 4.87. The number of rotatable bonds is 5. The molecule has 1 unspecified atom stereocenters. The zero-order chi connectivity index (χ0) is 22.8. The highest BCUT2D eigenvalue weighted by Crippen LogP contribution is 2.36. The summed E-state index contributed by atoms with van der Waals surface area (Å²) in [5.41, 5.74) is 2.14. The summed E-state index contributed by atoms with van der Waals surface area (Å²) in [5.74, 6) is -1.59. The van der Waals surface area contributed by atoms with Crippen LogP contribution in [0.15, 0.2) is 36.4 Å². The second-order valence-electron chi connectivity index (χ2n) is 7.10. The van der Waals surface area contributed by atoms with Crippen molar-refractivity contribution < 1.29 is 35.9 Å². The number of nitrogens with one attached hydrogen (secondary N) is 1. The fourth-order valence-corrected chi connectivity index (χ4v) is 3.29. The molecule has 1 N–H and O–H groups in total. The average molecular weight is 450 g/mol. The first-order chi connectivity index (χ1) is 14.5. The van der Waals surface area contributed by atoms with E-state index in [9.17, 15) is 31.1 Å². The van der Waals surface area contributed by atoms with E-state index in [0.29, 0.717) is 17.9 Å². The number of hydrogen-bond acceptors (Lipinski definition) is 5. The Labute approximate surface area is 173 Å². The molecule has 0 amide bonds. The number of aryl methyl sites for hydroxylation is 1. The Hall–Kier alpha value is -2.60. The molecule has 1 aromatic carbocycles. The highest BCUT2D eigenvalue weighted by Gasteiger charge is 2.60. The second kappa shape index (κ2) is 8.87. The Morgan fingerprint density at radius 2 is 1.84 bits per heavy atom. The predicted octanol–water partition coefficient (Wildman–Crippen LogP) is 2.90. The maximum atomic E-state index is 12.8. The smallest absolute Gasteiger partial charge is 0.434 e. The van der Waals surface area contributed by atoms with Gasteiger partial charge in [-0.2, -0.15) is 31.4 Å². The number of nitrogens with zero attached hydrogens (tertiary/aromatic N) is 3. The van der Waals surface area contributed by atoms with Crippen LogP contribution in [0.3, 0.4) is 0 Å². The number of ether oxygens (including phenoxy) is 1. The zero-order valence-electron chi connectivity index (χ0n) is 16.4. The maximum absolute atomic E-state index is 12.8. The molecule has 0 saturated carbocycles. The fourth-order valence-electron chi connectivity index (χ4n) is 3.29. The van der Waals surface area contributed by atoms with E-state index < -0.39 is 30.5 Å². The van der Waals surface area contributed by atoms with Crippen LogP contribution in [-0.2, 0) is 23.1 Å². The first-order valence-electron chi connectivity index (χ1n) is 9.34. The van der Waals surface area contributed by atoms with Crippen LogP contribution < -0.4 is 5.32 Å². The Bertz CT molecular complexity index is 883. The number of carbonyl (C=O) groups is 1. The maximum Gasteiger partial charge on any atom is 0.434 e. The third-order valence-corrected chi connectivity index (χ3v) is 4.87. The number of carbonyl (C=O) groups excluding carboxylic acids is 1. The Morgan fingerprint density at radius 1 is 1.19 bits per heavy atom. The number of piperazine rings is 1.